The highest BCUT2D eigenvalue weighted by Gasteiger charge is 2.07. The highest BCUT2D eigenvalue weighted by molar-refractivity contribution is 5.57. The molecule has 2 aromatic rings. The Morgan fingerprint density at radius 3 is 1.20 bits per heavy atom. The van der Waals surface area contributed by atoms with E-state index >= 15 is 0 Å². The molecule has 2 aromatic carbocycles. The summed E-state index contributed by atoms with van der Waals surface area (Å²) >= 11 is 0. The maximum atomic E-state index is 10.1. The van der Waals surface area contributed by atoms with Crippen LogP contribution in [0.4, 0.5) is 22.7 Å². The average Bonchev–Trinajstić information content (AvgIpc) is 2.40. The molecule has 0 aliphatic rings. The number of nitrogen functional groups attached to an aromatic ring is 2. The minimum atomic E-state index is -0.505. The number of hydrogen-bond donors (Lipinski definition) is 2. The normalized spacial score (nSPS) is 9.20. The number of nitro benzene ring substituents is 2. The predicted octanol–water partition coefficient (Wildman–Crippen LogP) is 2.35. The first-order chi connectivity index (χ1) is 9.43. The van der Waals surface area contributed by atoms with Crippen molar-refractivity contribution in [2.75, 3.05) is 11.5 Å². The average molecular weight is 276 g/mol. The van der Waals surface area contributed by atoms with Gasteiger partial charge in [0.15, 0.2) is 0 Å². The third-order valence-electron chi connectivity index (χ3n) is 2.27. The molecule has 104 valence electrons. The lowest BCUT2D eigenvalue weighted by Gasteiger charge is -1.92. The first kappa shape index (κ1) is 14.9. The van der Waals surface area contributed by atoms with Crippen LogP contribution in [0, 0.1) is 20.2 Å². The molecule has 0 radical (unpaired) electrons. The van der Waals surface area contributed by atoms with Crippen LogP contribution in [0.2, 0.25) is 0 Å². The minimum absolute atomic E-state index is 0.0394. The first-order valence-corrected chi connectivity index (χ1v) is 5.41. The predicted molar refractivity (Wildman–Crippen MR) is 75.0 cm³/mol. The standard InChI is InChI=1S/2C6H6N2O2/c2*7-5-3-1-2-4-6(5)8(9)10/h2*1-4H,7H2. The molecule has 8 nitrogen and oxygen atoms in total. The van der Waals surface area contributed by atoms with Crippen LogP contribution in [-0.2, 0) is 0 Å². The van der Waals surface area contributed by atoms with Gasteiger partial charge in [-0.1, -0.05) is 24.3 Å². The van der Waals surface area contributed by atoms with Gasteiger partial charge in [0.05, 0.1) is 9.85 Å². The van der Waals surface area contributed by atoms with Gasteiger partial charge in [0.2, 0.25) is 0 Å². The Kier molecular flexibility index (Phi) is 4.98. The summed E-state index contributed by atoms with van der Waals surface area (Å²) in [5, 5.41) is 20.3. The summed E-state index contributed by atoms with van der Waals surface area (Å²) in [6.07, 6.45) is 0. The van der Waals surface area contributed by atoms with Gasteiger partial charge < -0.3 is 11.5 Å². The van der Waals surface area contributed by atoms with Gasteiger partial charge in [0.25, 0.3) is 11.4 Å². The van der Waals surface area contributed by atoms with Gasteiger partial charge in [-0.05, 0) is 12.1 Å². The van der Waals surface area contributed by atoms with Crippen molar-refractivity contribution >= 4 is 22.7 Å². The molecule has 0 aliphatic heterocycles. The topological polar surface area (TPSA) is 138 Å². The van der Waals surface area contributed by atoms with E-state index in [9.17, 15) is 20.2 Å². The Hall–Kier alpha value is -3.16. The third-order valence-corrected chi connectivity index (χ3v) is 2.27. The zero-order valence-corrected chi connectivity index (χ0v) is 10.3. The molecule has 8 heteroatoms. The number of nitro groups is 2. The van der Waals surface area contributed by atoms with E-state index in [0.29, 0.717) is 0 Å². The summed E-state index contributed by atoms with van der Waals surface area (Å²) in [6.45, 7) is 0. The van der Waals surface area contributed by atoms with Crippen molar-refractivity contribution in [2.24, 2.45) is 0 Å². The number of nitrogens with zero attached hydrogens (tertiary/aromatic N) is 2. The highest BCUT2D eigenvalue weighted by atomic mass is 16.6. The highest BCUT2D eigenvalue weighted by Crippen LogP contribution is 2.19. The smallest absolute Gasteiger partial charge is 0.292 e. The molecule has 0 spiro atoms. The largest absolute Gasteiger partial charge is 0.393 e. The molecule has 0 atom stereocenters. The molecular weight excluding hydrogens is 264 g/mol. The monoisotopic (exact) mass is 276 g/mol. The van der Waals surface area contributed by atoms with Gasteiger partial charge in [0.1, 0.15) is 11.4 Å². The zero-order chi connectivity index (χ0) is 15.1. The number of nitrogens with two attached hydrogens (primary N) is 2. The summed E-state index contributed by atoms with van der Waals surface area (Å²) < 4.78 is 0. The van der Waals surface area contributed by atoms with Crippen molar-refractivity contribution in [1.82, 2.24) is 0 Å². The van der Waals surface area contributed by atoms with Crippen LogP contribution in [0.1, 0.15) is 0 Å². The molecular formula is C12H12N4O4. The van der Waals surface area contributed by atoms with Crippen LogP contribution in [0.25, 0.3) is 0 Å². The van der Waals surface area contributed by atoms with Crippen molar-refractivity contribution < 1.29 is 9.85 Å². The lowest BCUT2D eigenvalue weighted by atomic mass is 10.3. The van der Waals surface area contributed by atoms with Gasteiger partial charge in [-0.3, -0.25) is 20.2 Å². The van der Waals surface area contributed by atoms with Crippen molar-refractivity contribution in [2.45, 2.75) is 0 Å². The molecule has 0 saturated carbocycles. The molecule has 0 fully saturated rings. The number of benzene rings is 2. The van der Waals surface area contributed by atoms with E-state index in [2.05, 4.69) is 0 Å². The Bertz CT molecular complexity index is 575. The Morgan fingerprint density at radius 1 is 0.700 bits per heavy atom. The minimum Gasteiger partial charge on any atom is -0.393 e. The second-order valence-corrected chi connectivity index (χ2v) is 3.63. The van der Waals surface area contributed by atoms with E-state index in [-0.39, 0.29) is 22.7 Å². The second kappa shape index (κ2) is 6.69. The Morgan fingerprint density at radius 2 is 1.00 bits per heavy atom. The van der Waals surface area contributed by atoms with Crippen molar-refractivity contribution in [3.63, 3.8) is 0 Å². The number of hydrogen-bond acceptors (Lipinski definition) is 6. The molecule has 0 bridgehead atoms. The van der Waals surface area contributed by atoms with E-state index < -0.39 is 9.85 Å². The molecule has 0 aliphatic carbocycles. The van der Waals surface area contributed by atoms with Gasteiger partial charge in [-0.25, -0.2) is 0 Å². The Balaban J connectivity index is 0.000000200. The molecule has 20 heavy (non-hydrogen) atoms. The molecule has 0 saturated heterocycles. The van der Waals surface area contributed by atoms with E-state index in [1.54, 1.807) is 24.3 Å². The van der Waals surface area contributed by atoms with Crippen LogP contribution < -0.4 is 11.5 Å². The summed E-state index contributed by atoms with van der Waals surface area (Å²) in [5.41, 5.74) is 10.9. The molecule has 0 heterocycles. The first-order valence-electron chi connectivity index (χ1n) is 5.41. The second-order valence-electron chi connectivity index (χ2n) is 3.63. The maximum absolute atomic E-state index is 10.1. The van der Waals surface area contributed by atoms with Gasteiger partial charge in [0, 0.05) is 12.1 Å². The number of anilines is 2. The summed E-state index contributed by atoms with van der Waals surface area (Å²) in [5.74, 6) is 0. The van der Waals surface area contributed by atoms with Gasteiger partial charge >= 0.3 is 0 Å². The van der Waals surface area contributed by atoms with Crippen LogP contribution in [-0.4, -0.2) is 9.85 Å². The third kappa shape index (κ3) is 3.95. The SMILES string of the molecule is Nc1ccccc1[N+](=O)[O-].Nc1ccccc1[N+](=O)[O-]. The van der Waals surface area contributed by atoms with Gasteiger partial charge in [-0.2, -0.15) is 0 Å². The molecule has 2 rings (SSSR count). The number of rotatable bonds is 2. The fourth-order valence-electron chi connectivity index (χ4n) is 1.31. The summed E-state index contributed by atoms with van der Waals surface area (Å²) in [7, 11) is 0. The maximum Gasteiger partial charge on any atom is 0.292 e. The van der Waals surface area contributed by atoms with E-state index in [1.165, 1.54) is 24.3 Å². The quantitative estimate of drug-likeness (QED) is 0.490. The van der Waals surface area contributed by atoms with Crippen molar-refractivity contribution in [3.05, 3.63) is 68.8 Å². The summed E-state index contributed by atoms with van der Waals surface area (Å²) in [6, 6.07) is 12.2. The fraction of sp³-hybridized carbons (Fsp3) is 0. The van der Waals surface area contributed by atoms with E-state index in [1.807, 2.05) is 0 Å². The van der Waals surface area contributed by atoms with E-state index in [4.69, 9.17) is 11.5 Å². The van der Waals surface area contributed by atoms with E-state index in [0.717, 1.165) is 0 Å². The van der Waals surface area contributed by atoms with Gasteiger partial charge in [-0.15, -0.1) is 0 Å². The summed E-state index contributed by atoms with van der Waals surface area (Å²) in [4.78, 5) is 19.3. The molecule has 4 N–H and O–H groups in total. The van der Waals surface area contributed by atoms with Crippen LogP contribution in [0.5, 0.6) is 0 Å². The fourth-order valence-corrected chi connectivity index (χ4v) is 1.31. The molecule has 0 unspecified atom stereocenters. The molecule has 0 amide bonds. The van der Waals surface area contributed by atoms with Crippen molar-refractivity contribution in [3.8, 4) is 0 Å². The zero-order valence-electron chi connectivity index (χ0n) is 10.3. The Labute approximate surface area is 113 Å². The van der Waals surface area contributed by atoms with Crippen LogP contribution >= 0.6 is 0 Å². The lowest BCUT2D eigenvalue weighted by Crippen LogP contribution is -1.93. The van der Waals surface area contributed by atoms with Crippen LogP contribution in [0.15, 0.2) is 48.5 Å². The molecule has 0 aromatic heterocycles. The lowest BCUT2D eigenvalue weighted by molar-refractivity contribution is -0.384. The van der Waals surface area contributed by atoms with Crippen molar-refractivity contribution in [1.29, 1.82) is 0 Å². The van der Waals surface area contributed by atoms with Crippen LogP contribution in [0.3, 0.4) is 0 Å². The number of para-hydroxylation sites is 4.